The molecular weight excluding hydrogens is 411 g/mol. The second-order valence-corrected chi connectivity index (χ2v) is 7.38. The summed E-state index contributed by atoms with van der Waals surface area (Å²) >= 11 is 0. The van der Waals surface area contributed by atoms with Crippen LogP contribution >= 0.6 is 0 Å². The number of fused-ring (bicyclic) bond motifs is 1. The van der Waals surface area contributed by atoms with E-state index in [0.717, 1.165) is 17.3 Å². The number of nitrogens with zero attached hydrogens (tertiary/aromatic N) is 7. The standard InChI is InChI=1S/C22H21FN8O/c1-15-3-2-4-16(11-15)12-26-29-20-19-21(28-22(27-20)30-7-9-32-10-8-30)31(14-25-19)18-6-5-17(23)13-24-18/h2-6,11-14H,7-10H2,1H3,(H,27,28,29). The molecule has 1 saturated heterocycles. The highest BCUT2D eigenvalue weighted by molar-refractivity contribution is 5.86. The fourth-order valence-electron chi connectivity index (χ4n) is 3.47. The van der Waals surface area contributed by atoms with E-state index in [4.69, 9.17) is 9.72 Å². The molecule has 0 radical (unpaired) electrons. The lowest BCUT2D eigenvalue weighted by Gasteiger charge is -2.27. The summed E-state index contributed by atoms with van der Waals surface area (Å²) in [5.41, 5.74) is 6.22. The molecule has 3 aromatic heterocycles. The lowest BCUT2D eigenvalue weighted by molar-refractivity contribution is 0.122. The quantitative estimate of drug-likeness (QED) is 0.383. The normalized spacial score (nSPS) is 14.4. The number of hydrogen-bond donors (Lipinski definition) is 1. The van der Waals surface area contributed by atoms with Gasteiger partial charge < -0.3 is 9.64 Å². The van der Waals surface area contributed by atoms with Gasteiger partial charge in [-0.2, -0.15) is 15.1 Å². The number of ether oxygens (including phenoxy) is 1. The Bertz CT molecular complexity index is 1260. The summed E-state index contributed by atoms with van der Waals surface area (Å²) in [6.45, 7) is 4.60. The number of rotatable bonds is 5. The first-order valence-electron chi connectivity index (χ1n) is 10.2. The second kappa shape index (κ2) is 8.67. The van der Waals surface area contributed by atoms with Gasteiger partial charge in [0, 0.05) is 13.1 Å². The topological polar surface area (TPSA) is 93.4 Å². The van der Waals surface area contributed by atoms with Crippen molar-refractivity contribution in [3.8, 4) is 5.82 Å². The molecule has 5 rings (SSSR count). The van der Waals surface area contributed by atoms with Crippen molar-refractivity contribution in [3.63, 3.8) is 0 Å². The molecule has 0 amide bonds. The summed E-state index contributed by atoms with van der Waals surface area (Å²) in [7, 11) is 0. The van der Waals surface area contributed by atoms with E-state index in [1.807, 2.05) is 36.1 Å². The molecule has 1 aliphatic rings. The lowest BCUT2D eigenvalue weighted by Crippen LogP contribution is -2.37. The van der Waals surface area contributed by atoms with Gasteiger partial charge >= 0.3 is 0 Å². The summed E-state index contributed by atoms with van der Waals surface area (Å²) in [5, 5.41) is 4.36. The average molecular weight is 432 g/mol. The third-order valence-electron chi connectivity index (χ3n) is 5.06. The monoisotopic (exact) mass is 432 g/mol. The van der Waals surface area contributed by atoms with Crippen LogP contribution in [0.5, 0.6) is 0 Å². The van der Waals surface area contributed by atoms with Gasteiger partial charge in [-0.1, -0.05) is 29.8 Å². The van der Waals surface area contributed by atoms with Crippen LogP contribution in [-0.4, -0.2) is 57.0 Å². The number of benzene rings is 1. The fourth-order valence-corrected chi connectivity index (χ4v) is 3.47. The Balaban J connectivity index is 1.55. The van der Waals surface area contributed by atoms with Crippen molar-refractivity contribution >= 4 is 29.1 Å². The van der Waals surface area contributed by atoms with Crippen molar-refractivity contribution < 1.29 is 9.13 Å². The number of anilines is 2. The molecule has 1 aromatic carbocycles. The molecule has 4 heterocycles. The van der Waals surface area contributed by atoms with E-state index in [1.165, 1.54) is 6.07 Å². The van der Waals surface area contributed by atoms with Gasteiger partial charge in [-0.05, 0) is 24.6 Å². The van der Waals surface area contributed by atoms with Gasteiger partial charge in [-0.3, -0.25) is 9.99 Å². The highest BCUT2D eigenvalue weighted by Gasteiger charge is 2.20. The SMILES string of the molecule is Cc1cccc(C=NNc2nc(N3CCOCC3)nc3c2ncn3-c2ccc(F)cn2)c1. The van der Waals surface area contributed by atoms with E-state index in [-0.39, 0.29) is 0 Å². The average Bonchev–Trinajstić information content (AvgIpc) is 3.24. The summed E-state index contributed by atoms with van der Waals surface area (Å²) in [6, 6.07) is 11.0. The molecule has 1 aliphatic heterocycles. The Labute approximate surface area is 183 Å². The van der Waals surface area contributed by atoms with Crippen LogP contribution in [0, 0.1) is 12.7 Å². The number of imidazole rings is 1. The molecule has 0 bridgehead atoms. The zero-order valence-corrected chi connectivity index (χ0v) is 17.4. The van der Waals surface area contributed by atoms with E-state index in [9.17, 15) is 4.39 Å². The van der Waals surface area contributed by atoms with Gasteiger partial charge in [0.1, 0.15) is 18.0 Å². The van der Waals surface area contributed by atoms with Gasteiger partial charge in [-0.15, -0.1) is 0 Å². The Morgan fingerprint density at radius 3 is 2.78 bits per heavy atom. The van der Waals surface area contributed by atoms with E-state index < -0.39 is 5.82 Å². The number of aryl methyl sites for hydroxylation is 1. The third kappa shape index (κ3) is 4.12. The second-order valence-electron chi connectivity index (χ2n) is 7.38. The van der Waals surface area contributed by atoms with E-state index in [2.05, 4.69) is 25.5 Å². The van der Waals surface area contributed by atoms with Gasteiger partial charge in [-0.25, -0.2) is 14.4 Å². The third-order valence-corrected chi connectivity index (χ3v) is 5.06. The molecule has 0 aliphatic carbocycles. The lowest BCUT2D eigenvalue weighted by atomic mass is 10.2. The molecule has 9 nitrogen and oxygen atoms in total. The maximum absolute atomic E-state index is 13.4. The number of hydrogen-bond acceptors (Lipinski definition) is 8. The van der Waals surface area contributed by atoms with Crippen LogP contribution in [0.15, 0.2) is 54.0 Å². The van der Waals surface area contributed by atoms with Crippen LogP contribution in [0.25, 0.3) is 17.0 Å². The van der Waals surface area contributed by atoms with Crippen molar-refractivity contribution in [2.75, 3.05) is 36.6 Å². The molecule has 1 N–H and O–H groups in total. The maximum Gasteiger partial charge on any atom is 0.229 e. The highest BCUT2D eigenvalue weighted by Crippen LogP contribution is 2.25. The van der Waals surface area contributed by atoms with Crippen LogP contribution in [0.2, 0.25) is 0 Å². The van der Waals surface area contributed by atoms with Crippen LogP contribution in [-0.2, 0) is 4.74 Å². The first-order valence-corrected chi connectivity index (χ1v) is 10.2. The Kier molecular flexibility index (Phi) is 5.42. The van der Waals surface area contributed by atoms with E-state index in [1.54, 1.807) is 23.2 Å². The fraction of sp³-hybridized carbons (Fsp3) is 0.227. The largest absolute Gasteiger partial charge is 0.378 e. The number of morpholine rings is 1. The number of hydrazone groups is 1. The molecule has 0 saturated carbocycles. The predicted molar refractivity (Wildman–Crippen MR) is 120 cm³/mol. The Hall–Kier alpha value is -3.92. The minimum atomic E-state index is -0.408. The summed E-state index contributed by atoms with van der Waals surface area (Å²) in [6.07, 6.45) is 4.49. The molecule has 162 valence electrons. The molecule has 32 heavy (non-hydrogen) atoms. The van der Waals surface area contributed by atoms with Crippen molar-refractivity contribution in [1.29, 1.82) is 0 Å². The minimum Gasteiger partial charge on any atom is -0.378 e. The van der Waals surface area contributed by atoms with Crippen LogP contribution in [0.1, 0.15) is 11.1 Å². The zero-order valence-electron chi connectivity index (χ0n) is 17.4. The Morgan fingerprint density at radius 2 is 2.00 bits per heavy atom. The van der Waals surface area contributed by atoms with Crippen molar-refractivity contribution in [3.05, 3.63) is 65.9 Å². The maximum atomic E-state index is 13.4. The molecule has 10 heteroatoms. The number of pyridine rings is 1. The molecular formula is C22H21FN8O. The highest BCUT2D eigenvalue weighted by atomic mass is 19.1. The number of aromatic nitrogens is 5. The molecule has 4 aromatic rings. The molecule has 0 unspecified atom stereocenters. The van der Waals surface area contributed by atoms with Gasteiger partial charge in [0.25, 0.3) is 0 Å². The number of nitrogens with one attached hydrogen (secondary N) is 1. The predicted octanol–water partition coefficient (Wildman–Crippen LogP) is 2.94. The van der Waals surface area contributed by atoms with Gasteiger partial charge in [0.2, 0.25) is 5.95 Å². The smallest absolute Gasteiger partial charge is 0.229 e. The summed E-state index contributed by atoms with van der Waals surface area (Å²) in [4.78, 5) is 20.1. The molecule has 1 fully saturated rings. The van der Waals surface area contributed by atoms with Crippen molar-refractivity contribution in [2.45, 2.75) is 6.92 Å². The summed E-state index contributed by atoms with van der Waals surface area (Å²) in [5.74, 6) is 1.11. The number of halogens is 1. The van der Waals surface area contributed by atoms with Gasteiger partial charge in [0.15, 0.2) is 17.0 Å². The van der Waals surface area contributed by atoms with Crippen LogP contribution < -0.4 is 10.3 Å². The molecule has 0 spiro atoms. The van der Waals surface area contributed by atoms with E-state index >= 15 is 0 Å². The zero-order chi connectivity index (χ0) is 21.9. The summed E-state index contributed by atoms with van der Waals surface area (Å²) < 4.78 is 20.5. The van der Waals surface area contributed by atoms with E-state index in [0.29, 0.717) is 55.1 Å². The first-order chi connectivity index (χ1) is 15.7. The van der Waals surface area contributed by atoms with Gasteiger partial charge in [0.05, 0.1) is 25.6 Å². The Morgan fingerprint density at radius 1 is 1.12 bits per heavy atom. The minimum absolute atomic E-state index is 0.408. The molecule has 0 atom stereocenters. The van der Waals surface area contributed by atoms with Crippen LogP contribution in [0.3, 0.4) is 0 Å². The van der Waals surface area contributed by atoms with Crippen molar-refractivity contribution in [1.82, 2.24) is 24.5 Å². The first kappa shape index (κ1) is 20.0. The van der Waals surface area contributed by atoms with Crippen LogP contribution in [0.4, 0.5) is 16.2 Å². The van der Waals surface area contributed by atoms with Crippen molar-refractivity contribution in [2.24, 2.45) is 5.10 Å².